The molecule has 0 spiro atoms. The molecule has 0 aromatic carbocycles. The summed E-state index contributed by atoms with van der Waals surface area (Å²) in [4.78, 5) is 38.1. The van der Waals surface area contributed by atoms with E-state index in [1.165, 1.54) is 218 Å². The van der Waals surface area contributed by atoms with Crippen LogP contribution in [-0.2, 0) is 28.6 Å². The lowest BCUT2D eigenvalue weighted by atomic mass is 10.0. The summed E-state index contributed by atoms with van der Waals surface area (Å²) in [6, 6.07) is 0. The van der Waals surface area contributed by atoms with E-state index in [9.17, 15) is 14.4 Å². The van der Waals surface area contributed by atoms with Crippen molar-refractivity contribution in [3.8, 4) is 0 Å². The average molecular weight is 904 g/mol. The maximum atomic E-state index is 12.8. The second-order valence-electron chi connectivity index (χ2n) is 19.6. The van der Waals surface area contributed by atoms with Crippen LogP contribution in [0.3, 0.4) is 0 Å². The van der Waals surface area contributed by atoms with E-state index in [-0.39, 0.29) is 31.1 Å². The van der Waals surface area contributed by atoms with Crippen LogP contribution in [-0.4, -0.2) is 37.2 Å². The smallest absolute Gasteiger partial charge is 0.306 e. The second kappa shape index (κ2) is 53.8. The number of hydrogen-bond donors (Lipinski definition) is 0. The molecule has 0 saturated heterocycles. The first-order valence-electron chi connectivity index (χ1n) is 28.7. The van der Waals surface area contributed by atoms with E-state index in [1.54, 1.807) is 0 Å². The molecule has 64 heavy (non-hydrogen) atoms. The first kappa shape index (κ1) is 62.1. The third kappa shape index (κ3) is 51.1. The first-order chi connectivity index (χ1) is 31.5. The Kier molecular flexibility index (Phi) is 52.2. The van der Waals surface area contributed by atoms with Crippen molar-refractivity contribution in [1.29, 1.82) is 0 Å². The van der Waals surface area contributed by atoms with E-state index in [4.69, 9.17) is 14.2 Å². The number of carbonyl (C=O) groups excluding carboxylic acids is 3. The average Bonchev–Trinajstić information content (AvgIpc) is 3.29. The lowest BCUT2D eigenvalue weighted by Crippen LogP contribution is -2.30. The van der Waals surface area contributed by atoms with Gasteiger partial charge in [-0.15, -0.1) is 0 Å². The molecule has 1 unspecified atom stereocenters. The lowest BCUT2D eigenvalue weighted by molar-refractivity contribution is -0.167. The second-order valence-corrected chi connectivity index (χ2v) is 19.6. The van der Waals surface area contributed by atoms with Crippen LogP contribution in [0, 0.1) is 0 Å². The number of esters is 3. The minimum Gasteiger partial charge on any atom is -0.462 e. The van der Waals surface area contributed by atoms with Gasteiger partial charge in [0.05, 0.1) is 0 Å². The van der Waals surface area contributed by atoms with Crippen molar-refractivity contribution in [1.82, 2.24) is 0 Å². The fourth-order valence-electron chi connectivity index (χ4n) is 8.68. The quantitative estimate of drug-likeness (QED) is 0.0262. The van der Waals surface area contributed by atoms with Crippen molar-refractivity contribution in [2.75, 3.05) is 13.2 Å². The predicted molar refractivity (Wildman–Crippen MR) is 275 cm³/mol. The van der Waals surface area contributed by atoms with Crippen LogP contribution in [0.2, 0.25) is 0 Å². The Hall–Kier alpha value is -1.85. The normalized spacial score (nSPS) is 12.0. The van der Waals surface area contributed by atoms with Gasteiger partial charge in [-0.25, -0.2) is 0 Å². The van der Waals surface area contributed by atoms with Gasteiger partial charge in [0.1, 0.15) is 13.2 Å². The van der Waals surface area contributed by atoms with Crippen LogP contribution in [0.5, 0.6) is 0 Å². The third-order valence-electron chi connectivity index (χ3n) is 13.0. The Bertz CT molecular complexity index is 993. The Morgan fingerprint density at radius 3 is 0.781 bits per heavy atom. The summed E-state index contributed by atoms with van der Waals surface area (Å²) in [6.07, 6.45) is 60.5. The monoisotopic (exact) mass is 903 g/mol. The molecule has 0 aliphatic carbocycles. The molecule has 0 radical (unpaired) electrons. The number of hydrogen-bond acceptors (Lipinski definition) is 6. The van der Waals surface area contributed by atoms with Gasteiger partial charge >= 0.3 is 17.9 Å². The van der Waals surface area contributed by atoms with Crippen LogP contribution >= 0.6 is 0 Å². The molecule has 0 rings (SSSR count). The summed E-state index contributed by atoms with van der Waals surface area (Å²) in [7, 11) is 0. The van der Waals surface area contributed by atoms with Crippen molar-refractivity contribution in [2.24, 2.45) is 0 Å². The largest absolute Gasteiger partial charge is 0.462 e. The summed E-state index contributed by atoms with van der Waals surface area (Å²) in [5, 5.41) is 0. The minimum atomic E-state index is -0.767. The molecular weight excluding hydrogens is 793 g/mol. The van der Waals surface area contributed by atoms with Gasteiger partial charge in [-0.3, -0.25) is 14.4 Å². The SMILES string of the molecule is CCCCCCCCC/C=C\CCCCCCCC(=O)OCC(COC(=O)CCCCCCCCCCCCCCCCC)OC(=O)CCCCCCCCCCCCCCCCC. The zero-order chi connectivity index (χ0) is 46.5. The summed E-state index contributed by atoms with van der Waals surface area (Å²) in [6.45, 7) is 6.69. The molecule has 0 aromatic heterocycles. The molecule has 6 heteroatoms. The standard InChI is InChI=1S/C58H110O6/c1-4-7-10-13-16-19-22-25-28-31-33-36-39-42-45-48-51-57(60)63-54-55(64-58(61)52-49-46-43-40-37-34-30-27-24-21-18-15-12-9-6-3)53-62-56(59)50-47-44-41-38-35-32-29-26-23-20-17-14-11-8-5-2/h28,31,55H,4-27,29-30,32-54H2,1-3H3/b31-28-. The summed E-state index contributed by atoms with van der Waals surface area (Å²) >= 11 is 0. The number of rotatable bonds is 53. The Labute approximate surface area is 399 Å². The molecule has 0 aromatic rings. The maximum absolute atomic E-state index is 12.8. The fraction of sp³-hybridized carbons (Fsp3) is 0.914. The molecule has 1 atom stereocenters. The Balaban J connectivity index is 4.33. The molecule has 0 aliphatic rings. The number of ether oxygens (including phenoxy) is 3. The van der Waals surface area contributed by atoms with E-state index >= 15 is 0 Å². The van der Waals surface area contributed by atoms with E-state index in [0.717, 1.165) is 64.2 Å². The maximum Gasteiger partial charge on any atom is 0.306 e. The van der Waals surface area contributed by atoms with E-state index < -0.39 is 6.10 Å². The Morgan fingerprint density at radius 2 is 0.516 bits per heavy atom. The molecule has 6 nitrogen and oxygen atoms in total. The lowest BCUT2D eigenvalue weighted by Gasteiger charge is -2.18. The summed E-state index contributed by atoms with van der Waals surface area (Å²) in [5.74, 6) is -0.851. The van der Waals surface area contributed by atoms with Crippen LogP contribution in [0.15, 0.2) is 12.2 Å². The van der Waals surface area contributed by atoms with Gasteiger partial charge in [0.2, 0.25) is 0 Å². The first-order valence-corrected chi connectivity index (χ1v) is 28.7. The van der Waals surface area contributed by atoms with Gasteiger partial charge in [0.25, 0.3) is 0 Å². The highest BCUT2D eigenvalue weighted by Crippen LogP contribution is 2.17. The van der Waals surface area contributed by atoms with Gasteiger partial charge in [-0.1, -0.05) is 270 Å². The van der Waals surface area contributed by atoms with Crippen LogP contribution in [0.4, 0.5) is 0 Å². The van der Waals surface area contributed by atoms with Gasteiger partial charge in [-0.05, 0) is 44.9 Å². The highest BCUT2D eigenvalue weighted by Gasteiger charge is 2.19. The number of allylic oxidation sites excluding steroid dienone is 2. The molecule has 0 aliphatic heterocycles. The van der Waals surface area contributed by atoms with Gasteiger partial charge in [0, 0.05) is 19.3 Å². The third-order valence-corrected chi connectivity index (χ3v) is 13.0. The molecule has 378 valence electrons. The molecule has 0 bridgehead atoms. The van der Waals surface area contributed by atoms with Gasteiger partial charge in [-0.2, -0.15) is 0 Å². The molecular formula is C58H110O6. The molecule has 0 N–H and O–H groups in total. The zero-order valence-electron chi connectivity index (χ0n) is 43.3. The van der Waals surface area contributed by atoms with Crippen molar-refractivity contribution in [3.63, 3.8) is 0 Å². The topological polar surface area (TPSA) is 78.9 Å². The molecule has 0 saturated carbocycles. The number of carbonyl (C=O) groups is 3. The van der Waals surface area contributed by atoms with Crippen molar-refractivity contribution >= 4 is 17.9 Å². The fourth-order valence-corrected chi connectivity index (χ4v) is 8.68. The van der Waals surface area contributed by atoms with E-state index in [2.05, 4.69) is 32.9 Å². The van der Waals surface area contributed by atoms with Crippen LogP contribution in [0.25, 0.3) is 0 Å². The molecule has 0 amide bonds. The highest BCUT2D eigenvalue weighted by atomic mass is 16.6. The summed E-state index contributed by atoms with van der Waals surface area (Å²) in [5.41, 5.74) is 0. The Morgan fingerprint density at radius 1 is 0.297 bits per heavy atom. The minimum absolute atomic E-state index is 0.0665. The summed E-state index contributed by atoms with van der Waals surface area (Å²) < 4.78 is 16.9. The molecule has 0 fully saturated rings. The zero-order valence-corrected chi connectivity index (χ0v) is 43.3. The van der Waals surface area contributed by atoms with Crippen LogP contribution < -0.4 is 0 Å². The highest BCUT2D eigenvalue weighted by molar-refractivity contribution is 5.71. The van der Waals surface area contributed by atoms with E-state index in [0.29, 0.717) is 19.3 Å². The van der Waals surface area contributed by atoms with Gasteiger partial charge in [0.15, 0.2) is 6.10 Å². The number of unbranched alkanes of at least 4 members (excludes halogenated alkanes) is 40. The van der Waals surface area contributed by atoms with E-state index in [1.807, 2.05) is 0 Å². The van der Waals surface area contributed by atoms with Crippen LogP contribution in [0.1, 0.15) is 323 Å². The van der Waals surface area contributed by atoms with Crippen molar-refractivity contribution < 1.29 is 28.6 Å². The molecule has 0 heterocycles. The predicted octanol–water partition coefficient (Wildman–Crippen LogP) is 18.9. The van der Waals surface area contributed by atoms with Crippen molar-refractivity contribution in [2.45, 2.75) is 329 Å². The van der Waals surface area contributed by atoms with Crippen molar-refractivity contribution in [3.05, 3.63) is 12.2 Å². The van der Waals surface area contributed by atoms with Gasteiger partial charge < -0.3 is 14.2 Å².